The molecule has 0 saturated carbocycles. The standard InChI is InChI=1S/6C5H6N2.6C2H6/c1-5-2-6-4-7-3-5;1-5-4-6-2-3-7-5;1-5-2-3-6-4-7-5;1-5-2-3-6-7-4-5;1-5-6-3-2-4-7-5;1-5-3-2-4-6-7-5;6*1-2/h6*2-4H,1H3;6*1-2H3. The molecule has 6 rings (SSSR count). The largest absolute Gasteiger partial charge is 0.261 e. The Hall–Kier alpha value is -5.52. The molecule has 12 nitrogen and oxygen atoms in total. The van der Waals surface area contributed by atoms with Gasteiger partial charge in [0.05, 0.1) is 17.6 Å². The van der Waals surface area contributed by atoms with Gasteiger partial charge in [0.2, 0.25) is 0 Å². The molecule has 0 radical (unpaired) electrons. The Morgan fingerprint density at radius 3 is 1.15 bits per heavy atom. The Morgan fingerprint density at radius 2 is 0.926 bits per heavy atom. The second-order valence-corrected chi connectivity index (χ2v) is 8.19. The smallest absolute Gasteiger partial charge is 0.125 e. The monoisotopic (exact) mass is 745 g/mol. The van der Waals surface area contributed by atoms with Crippen molar-refractivity contribution in [1.29, 1.82) is 0 Å². The summed E-state index contributed by atoms with van der Waals surface area (Å²) in [5, 5.41) is 14.6. The number of aryl methyl sites for hydroxylation is 6. The van der Waals surface area contributed by atoms with Crippen LogP contribution >= 0.6 is 0 Å². The minimum Gasteiger partial charge on any atom is -0.261 e. The number of aromatic nitrogens is 12. The highest BCUT2D eigenvalue weighted by Crippen LogP contribution is 1.86. The van der Waals surface area contributed by atoms with Gasteiger partial charge >= 0.3 is 0 Å². The van der Waals surface area contributed by atoms with E-state index < -0.39 is 0 Å². The van der Waals surface area contributed by atoms with E-state index in [0.29, 0.717) is 0 Å². The lowest BCUT2D eigenvalue weighted by molar-refractivity contribution is 0.980. The molecule has 300 valence electrons. The van der Waals surface area contributed by atoms with E-state index in [1.807, 2.05) is 149 Å². The molecule has 6 heterocycles. The van der Waals surface area contributed by atoms with Crippen molar-refractivity contribution >= 4 is 0 Å². The molecule has 0 aliphatic carbocycles. The van der Waals surface area contributed by atoms with Crippen molar-refractivity contribution in [3.8, 4) is 0 Å². The number of hydrogen-bond donors (Lipinski definition) is 0. The fourth-order valence-electron chi connectivity index (χ4n) is 2.21. The van der Waals surface area contributed by atoms with Crippen LogP contribution in [0.4, 0.5) is 0 Å². The molecule has 0 aliphatic heterocycles. The van der Waals surface area contributed by atoms with E-state index in [-0.39, 0.29) is 0 Å². The molecule has 0 unspecified atom stereocenters. The molecule has 0 atom stereocenters. The first-order valence-electron chi connectivity index (χ1n) is 18.7. The molecule has 0 bridgehead atoms. The normalized spacial score (nSPS) is 7.44. The zero-order valence-electron chi connectivity index (χ0n) is 36.8. The molecule has 0 aromatic carbocycles. The summed E-state index contributed by atoms with van der Waals surface area (Å²) in [5.74, 6) is 0.822. The zero-order valence-corrected chi connectivity index (χ0v) is 36.8. The van der Waals surface area contributed by atoms with Gasteiger partial charge in [-0.25, -0.2) is 29.9 Å². The van der Waals surface area contributed by atoms with E-state index in [4.69, 9.17) is 0 Å². The van der Waals surface area contributed by atoms with E-state index in [9.17, 15) is 0 Å². The first-order chi connectivity index (χ1) is 26.4. The van der Waals surface area contributed by atoms with Crippen LogP contribution in [0.25, 0.3) is 0 Å². The fraction of sp³-hybridized carbons (Fsp3) is 0.429. The first kappa shape index (κ1) is 60.6. The second kappa shape index (κ2) is 56.8. The number of rotatable bonds is 0. The topological polar surface area (TPSA) is 155 Å². The van der Waals surface area contributed by atoms with Crippen molar-refractivity contribution in [3.63, 3.8) is 0 Å². The Morgan fingerprint density at radius 1 is 0.333 bits per heavy atom. The van der Waals surface area contributed by atoms with Crippen LogP contribution in [0.2, 0.25) is 0 Å². The maximum Gasteiger partial charge on any atom is 0.125 e. The third kappa shape index (κ3) is 53.3. The van der Waals surface area contributed by atoms with Crippen LogP contribution in [0, 0.1) is 41.5 Å². The van der Waals surface area contributed by atoms with Crippen LogP contribution in [0.1, 0.15) is 117 Å². The summed E-state index contributed by atoms with van der Waals surface area (Å²) in [6.45, 7) is 35.6. The van der Waals surface area contributed by atoms with Gasteiger partial charge in [0.1, 0.15) is 18.5 Å². The van der Waals surface area contributed by atoms with Crippen LogP contribution in [-0.4, -0.2) is 60.3 Å². The maximum atomic E-state index is 3.92. The van der Waals surface area contributed by atoms with Gasteiger partial charge in [0.15, 0.2) is 0 Å². The van der Waals surface area contributed by atoms with Crippen molar-refractivity contribution in [1.82, 2.24) is 60.3 Å². The molecule has 0 saturated heterocycles. The molecule has 0 N–H and O–H groups in total. The Labute approximate surface area is 329 Å². The van der Waals surface area contributed by atoms with Gasteiger partial charge in [-0.1, -0.05) is 83.1 Å². The van der Waals surface area contributed by atoms with Crippen LogP contribution in [-0.2, 0) is 0 Å². The molecular weight excluding hydrogens is 673 g/mol. The van der Waals surface area contributed by atoms with Crippen molar-refractivity contribution in [3.05, 3.63) is 145 Å². The summed E-state index contributed by atoms with van der Waals surface area (Å²) in [4.78, 5) is 30.6. The van der Waals surface area contributed by atoms with Crippen molar-refractivity contribution in [2.24, 2.45) is 0 Å². The molecule has 6 aromatic rings. The average molecular weight is 745 g/mol. The Balaban J connectivity index is -0.000000121. The summed E-state index contributed by atoms with van der Waals surface area (Å²) in [7, 11) is 0. The van der Waals surface area contributed by atoms with Crippen molar-refractivity contribution in [2.75, 3.05) is 0 Å². The summed E-state index contributed by atoms with van der Waals surface area (Å²) >= 11 is 0. The van der Waals surface area contributed by atoms with Gasteiger partial charge in [-0.15, -0.1) is 0 Å². The van der Waals surface area contributed by atoms with Gasteiger partial charge in [0, 0.05) is 67.7 Å². The summed E-state index contributed by atoms with van der Waals surface area (Å²) < 4.78 is 0. The highest BCUT2D eigenvalue weighted by Gasteiger charge is 1.77. The van der Waals surface area contributed by atoms with E-state index in [2.05, 4.69) is 60.3 Å². The van der Waals surface area contributed by atoms with Gasteiger partial charge < -0.3 is 0 Å². The number of hydrogen-bond acceptors (Lipinski definition) is 12. The Bertz CT molecular complexity index is 1110. The SMILES string of the molecule is CC.CC.CC.CC.CC.CC.Cc1cccnn1.Cc1ccncn1.Cc1ccnnc1.Cc1cnccn1.Cc1cncnc1.Cc1ncccn1. The molecule has 12 heteroatoms. The first-order valence-corrected chi connectivity index (χ1v) is 18.7. The maximum absolute atomic E-state index is 3.92. The molecule has 0 spiro atoms. The lowest BCUT2D eigenvalue weighted by Crippen LogP contribution is -1.80. The van der Waals surface area contributed by atoms with Gasteiger partial charge in [0.25, 0.3) is 0 Å². The van der Waals surface area contributed by atoms with Gasteiger partial charge in [-0.3, -0.25) is 9.97 Å². The molecule has 0 fully saturated rings. The molecule has 54 heavy (non-hydrogen) atoms. The second-order valence-electron chi connectivity index (χ2n) is 8.19. The minimum atomic E-state index is 0.822. The van der Waals surface area contributed by atoms with E-state index >= 15 is 0 Å². The van der Waals surface area contributed by atoms with Crippen molar-refractivity contribution in [2.45, 2.75) is 125 Å². The zero-order chi connectivity index (χ0) is 42.7. The molecule has 0 amide bonds. The van der Waals surface area contributed by atoms with Crippen molar-refractivity contribution < 1.29 is 0 Å². The highest BCUT2D eigenvalue weighted by atomic mass is 15.1. The lowest BCUT2D eigenvalue weighted by Gasteiger charge is -1.81. The minimum absolute atomic E-state index is 0.822. The van der Waals surface area contributed by atoms with E-state index in [1.54, 1.807) is 74.2 Å². The summed E-state index contributed by atoms with van der Waals surface area (Å²) in [6, 6.07) is 9.34. The third-order valence-electron chi connectivity index (χ3n) is 4.24. The predicted molar refractivity (Wildman–Crippen MR) is 229 cm³/mol. The molecular formula is C42H72N12. The third-order valence-corrected chi connectivity index (χ3v) is 4.24. The summed E-state index contributed by atoms with van der Waals surface area (Å²) in [6.07, 6.45) is 21.9. The van der Waals surface area contributed by atoms with Crippen LogP contribution in [0.5, 0.6) is 0 Å². The van der Waals surface area contributed by atoms with Gasteiger partial charge in [-0.2, -0.15) is 20.4 Å². The highest BCUT2D eigenvalue weighted by molar-refractivity contribution is 5.00. The fourth-order valence-corrected chi connectivity index (χ4v) is 2.21. The molecule has 0 aliphatic rings. The number of nitrogens with zero attached hydrogens (tertiary/aromatic N) is 12. The van der Waals surface area contributed by atoms with Crippen LogP contribution in [0.15, 0.2) is 111 Å². The summed E-state index contributed by atoms with van der Waals surface area (Å²) in [5.41, 5.74) is 5.18. The average Bonchev–Trinajstić information content (AvgIpc) is 3.25. The predicted octanol–water partition coefficient (Wildman–Crippen LogP) is 10.9. The lowest BCUT2D eigenvalue weighted by atomic mass is 10.4. The molecule has 6 aromatic heterocycles. The quantitative estimate of drug-likeness (QED) is 0.145. The van der Waals surface area contributed by atoms with E-state index in [0.717, 1.165) is 34.0 Å². The Kier molecular flexibility index (Phi) is 63.8. The van der Waals surface area contributed by atoms with Crippen LogP contribution < -0.4 is 0 Å². The van der Waals surface area contributed by atoms with Gasteiger partial charge in [-0.05, 0) is 83.0 Å². The van der Waals surface area contributed by atoms with Crippen LogP contribution in [0.3, 0.4) is 0 Å². The van der Waals surface area contributed by atoms with E-state index in [1.165, 1.54) is 12.7 Å².